The Bertz CT molecular complexity index is 1880. The van der Waals surface area contributed by atoms with E-state index in [1.807, 2.05) is 49.6 Å². The Labute approximate surface area is 313 Å². The minimum Gasteiger partial charge on any atom is -0.471 e. The van der Waals surface area contributed by atoms with Crippen molar-refractivity contribution in [3.05, 3.63) is 41.8 Å². The van der Waals surface area contributed by atoms with Crippen molar-refractivity contribution in [2.24, 2.45) is 5.92 Å². The first-order valence-corrected chi connectivity index (χ1v) is 19.9. The van der Waals surface area contributed by atoms with E-state index in [4.69, 9.17) is 24.4 Å². The van der Waals surface area contributed by atoms with Gasteiger partial charge in [0.05, 0.1) is 17.6 Å². The molecule has 1 unspecified atom stereocenters. The van der Waals surface area contributed by atoms with Crippen molar-refractivity contribution >= 4 is 51.2 Å². The number of anilines is 1. The molecule has 0 radical (unpaired) electrons. The maximum atomic E-state index is 14.5. The fourth-order valence-corrected chi connectivity index (χ4v) is 8.60. The number of carbonyl (C=O) groups excluding carboxylic acids is 4. The van der Waals surface area contributed by atoms with Crippen molar-refractivity contribution in [2.45, 2.75) is 127 Å². The third-order valence-electron chi connectivity index (χ3n) is 10.7. The molecule has 2 saturated carbocycles. The molecule has 1 saturated heterocycles. The Hall–Kier alpha value is -4.59. The van der Waals surface area contributed by atoms with Gasteiger partial charge in [0.2, 0.25) is 17.7 Å². The maximum absolute atomic E-state index is 14.5. The van der Waals surface area contributed by atoms with Crippen molar-refractivity contribution in [1.82, 2.24) is 30.5 Å². The number of rotatable bonds is 8. The van der Waals surface area contributed by atoms with Gasteiger partial charge >= 0.3 is 6.09 Å². The van der Waals surface area contributed by atoms with Crippen LogP contribution in [0, 0.1) is 5.92 Å². The molecule has 3 amide bonds. The fraction of sp³-hybridized carbons (Fsp3) is 0.564. The maximum Gasteiger partial charge on any atom is 0.408 e. The summed E-state index contributed by atoms with van der Waals surface area (Å²) < 4.78 is 12.3. The number of benzene rings is 1. The lowest BCUT2D eigenvalue weighted by atomic mass is 10.0. The van der Waals surface area contributed by atoms with Crippen LogP contribution >= 0.6 is 11.3 Å². The molecule has 5 atom stereocenters. The van der Waals surface area contributed by atoms with E-state index in [9.17, 15) is 19.2 Å². The number of alkyl carbamates (subject to hydrolysis) is 1. The molecule has 53 heavy (non-hydrogen) atoms. The minimum absolute atomic E-state index is 0.0638. The van der Waals surface area contributed by atoms with Crippen LogP contribution in [0.2, 0.25) is 0 Å². The van der Waals surface area contributed by atoms with Gasteiger partial charge in [0.25, 0.3) is 0 Å². The van der Waals surface area contributed by atoms with Gasteiger partial charge < -0.3 is 30.3 Å². The van der Waals surface area contributed by atoms with E-state index in [2.05, 4.69) is 22.0 Å². The molecule has 2 aliphatic heterocycles. The minimum atomic E-state index is -1.01. The zero-order chi connectivity index (χ0) is 37.1. The van der Waals surface area contributed by atoms with Gasteiger partial charge in [-0.25, -0.2) is 19.7 Å². The topological polar surface area (TPSA) is 165 Å². The summed E-state index contributed by atoms with van der Waals surface area (Å²) in [6, 6.07) is 5.83. The van der Waals surface area contributed by atoms with Crippen molar-refractivity contribution in [2.75, 3.05) is 11.9 Å². The summed E-state index contributed by atoms with van der Waals surface area (Å²) in [7, 11) is 0. The number of aromatic nitrogens is 3. The average Bonchev–Trinajstić information content (AvgIpc) is 3.55. The summed E-state index contributed by atoms with van der Waals surface area (Å²) in [4.78, 5) is 70.9. The molecule has 1 aromatic carbocycles. The zero-order valence-electron chi connectivity index (χ0n) is 30.6. The van der Waals surface area contributed by atoms with Crippen LogP contribution in [0.25, 0.3) is 22.4 Å². The summed E-state index contributed by atoms with van der Waals surface area (Å²) in [5, 5.41) is 11.9. The highest BCUT2D eigenvalue weighted by molar-refractivity contribution is 7.14. The predicted molar refractivity (Wildman–Crippen MR) is 201 cm³/mol. The third kappa shape index (κ3) is 8.32. The lowest BCUT2D eigenvalue weighted by Gasteiger charge is -2.29. The van der Waals surface area contributed by atoms with Crippen molar-refractivity contribution in [3.63, 3.8) is 0 Å². The van der Waals surface area contributed by atoms with Crippen molar-refractivity contribution in [3.8, 4) is 17.3 Å². The summed E-state index contributed by atoms with van der Waals surface area (Å²) in [6.07, 6.45) is 10.7. The monoisotopic (exact) mass is 743 g/mol. The standard InChI is InChI=1S/C39H49N7O6S/c1-23(2)40-37-43-31(22-53-37)33-35(42-29-17-12-11-16-28(29)41-33)51-27-19-32-34(48)45-39(24(3)47)20-25(39)13-7-5-4-6-8-18-30(36(49)46(32)21-27)44-38(50)52-26-14-9-10-15-26/h7,11-13,16-17,22-23,25-27,30,32H,4-6,8-10,14-15,18-21H2,1-3H3,(H,40,43)(H,44,50)(H,45,48)/b13-7-/t25-,27?,30-,32-,39-/m0/s1. The second kappa shape index (κ2) is 15.8. The van der Waals surface area contributed by atoms with Gasteiger partial charge in [-0.1, -0.05) is 37.1 Å². The number of thiazole rings is 1. The van der Waals surface area contributed by atoms with Gasteiger partial charge in [-0.2, -0.15) is 0 Å². The Balaban J connectivity index is 1.19. The largest absolute Gasteiger partial charge is 0.471 e. The van der Waals surface area contributed by atoms with Crippen LogP contribution < -0.4 is 20.7 Å². The molecule has 4 aliphatic rings. The Morgan fingerprint density at radius 2 is 1.75 bits per heavy atom. The number of hydrogen-bond acceptors (Lipinski definition) is 11. The molecule has 3 aromatic rings. The number of amides is 3. The molecule has 0 spiro atoms. The summed E-state index contributed by atoms with van der Waals surface area (Å²) in [5.41, 5.74) is 1.34. The molecule has 13 nitrogen and oxygen atoms in total. The highest BCUT2D eigenvalue weighted by atomic mass is 32.1. The molecule has 14 heteroatoms. The number of carbonyl (C=O) groups is 4. The third-order valence-corrected chi connectivity index (χ3v) is 11.5. The van der Waals surface area contributed by atoms with Gasteiger partial charge in [-0.15, -0.1) is 11.3 Å². The smallest absolute Gasteiger partial charge is 0.408 e. The number of ether oxygens (including phenoxy) is 2. The molecule has 2 aromatic heterocycles. The first kappa shape index (κ1) is 36.8. The summed E-state index contributed by atoms with van der Waals surface area (Å²) >= 11 is 1.45. The molecule has 3 fully saturated rings. The summed E-state index contributed by atoms with van der Waals surface area (Å²) in [6.45, 7) is 5.64. The van der Waals surface area contributed by atoms with E-state index in [0.717, 1.165) is 50.1 Å². The van der Waals surface area contributed by atoms with Crippen LogP contribution in [0.3, 0.4) is 0 Å². The predicted octanol–water partition coefficient (Wildman–Crippen LogP) is 5.94. The highest BCUT2D eigenvalue weighted by Crippen LogP contribution is 2.46. The molecular weight excluding hydrogens is 695 g/mol. The quantitative estimate of drug-likeness (QED) is 0.235. The van der Waals surface area contributed by atoms with Crippen molar-refractivity contribution in [1.29, 1.82) is 0 Å². The number of fused-ring (bicyclic) bond motifs is 3. The number of ketones is 1. The summed E-state index contributed by atoms with van der Waals surface area (Å²) in [5.74, 6) is -0.784. The van der Waals surface area contributed by atoms with E-state index < -0.39 is 35.7 Å². The first-order chi connectivity index (χ1) is 25.6. The van der Waals surface area contributed by atoms with Crippen LogP contribution in [-0.2, 0) is 19.1 Å². The van der Waals surface area contributed by atoms with E-state index in [0.29, 0.717) is 41.7 Å². The van der Waals surface area contributed by atoms with E-state index in [-0.39, 0.29) is 48.6 Å². The number of Topliss-reactive ketones (excluding diaryl/α,β-unsaturated/α-hetero) is 1. The SMILES string of the molecule is CC(=O)[C@@]12C[C@@H]1/C=C\CCCCC[C@H](NC(=O)OC1CCCC1)C(=O)N1CC(Oc3nc4ccccc4nc3-c3csc(NC(C)C)n3)C[C@H]1C(=O)N2. The van der Waals surface area contributed by atoms with Gasteiger partial charge in [-0.05, 0) is 84.3 Å². The van der Waals surface area contributed by atoms with E-state index in [1.54, 1.807) is 0 Å². The normalized spacial score (nSPS) is 27.3. The Morgan fingerprint density at radius 1 is 1.00 bits per heavy atom. The highest BCUT2D eigenvalue weighted by Gasteiger charge is 2.59. The molecule has 0 bridgehead atoms. The second-order valence-corrected chi connectivity index (χ2v) is 15.9. The molecular formula is C39H49N7O6S. The lowest BCUT2D eigenvalue weighted by Crippen LogP contribution is -2.56. The number of hydrogen-bond donors (Lipinski definition) is 3. The first-order valence-electron chi connectivity index (χ1n) is 19.0. The van der Waals surface area contributed by atoms with Crippen LogP contribution in [-0.4, -0.2) is 86.0 Å². The van der Waals surface area contributed by atoms with E-state index in [1.165, 1.54) is 23.2 Å². The lowest BCUT2D eigenvalue weighted by molar-refractivity contribution is -0.141. The van der Waals surface area contributed by atoms with Gasteiger partial charge in [0, 0.05) is 23.8 Å². The number of nitrogens with one attached hydrogen (secondary N) is 3. The molecule has 3 N–H and O–H groups in total. The number of nitrogens with zero attached hydrogens (tertiary/aromatic N) is 4. The molecule has 282 valence electrons. The Kier molecular flexibility index (Phi) is 11.0. The Morgan fingerprint density at radius 3 is 2.51 bits per heavy atom. The zero-order valence-corrected chi connectivity index (χ0v) is 31.5. The van der Waals surface area contributed by atoms with E-state index >= 15 is 0 Å². The number of para-hydroxylation sites is 2. The van der Waals surface area contributed by atoms with Crippen LogP contribution in [0.5, 0.6) is 5.88 Å². The van der Waals surface area contributed by atoms with Crippen LogP contribution in [0.4, 0.5) is 9.93 Å². The molecule has 7 rings (SSSR count). The average molecular weight is 744 g/mol. The van der Waals surface area contributed by atoms with Gasteiger partial charge in [0.1, 0.15) is 35.5 Å². The van der Waals surface area contributed by atoms with Crippen LogP contribution in [0.1, 0.15) is 91.4 Å². The molecule has 2 aliphatic carbocycles. The fourth-order valence-electron chi connectivity index (χ4n) is 7.76. The van der Waals surface area contributed by atoms with Gasteiger partial charge in [-0.3, -0.25) is 14.4 Å². The number of allylic oxidation sites excluding steroid dienone is 1. The second-order valence-electron chi connectivity index (χ2n) is 15.1. The van der Waals surface area contributed by atoms with Crippen LogP contribution in [0.15, 0.2) is 41.8 Å². The van der Waals surface area contributed by atoms with Crippen molar-refractivity contribution < 1.29 is 28.7 Å². The molecule has 4 heterocycles. The van der Waals surface area contributed by atoms with Gasteiger partial charge in [0.15, 0.2) is 16.6 Å².